The maximum atomic E-state index is 15.0. The predicted molar refractivity (Wildman–Crippen MR) is 155 cm³/mol. The number of allylic oxidation sites excluding steroid dienone is 1. The van der Waals surface area contributed by atoms with Crippen molar-refractivity contribution in [2.24, 2.45) is 10.7 Å². The van der Waals surface area contributed by atoms with Crippen LogP contribution in [0.2, 0.25) is 0 Å². The smallest absolute Gasteiger partial charge is 0.204 e. The Morgan fingerprint density at radius 3 is 2.83 bits per heavy atom. The van der Waals surface area contributed by atoms with Crippen LogP contribution in [0.3, 0.4) is 0 Å². The van der Waals surface area contributed by atoms with Gasteiger partial charge < -0.3 is 25.0 Å². The van der Waals surface area contributed by atoms with Gasteiger partial charge in [0.15, 0.2) is 11.6 Å². The molecule has 3 aromatic carbocycles. The Kier molecular flexibility index (Phi) is 8.12. The topological polar surface area (TPSA) is 89.7 Å². The molecule has 0 spiro atoms. The van der Waals surface area contributed by atoms with Gasteiger partial charge >= 0.3 is 0 Å². The number of halogens is 3. The van der Waals surface area contributed by atoms with Gasteiger partial charge in [-0.25, -0.2) is 8.78 Å². The van der Waals surface area contributed by atoms with Gasteiger partial charge in [-0.15, -0.1) is 11.8 Å². The first-order valence-electron chi connectivity index (χ1n) is 13.0. The molecule has 1 aromatic heterocycles. The molecule has 0 bridgehead atoms. The fourth-order valence-electron chi connectivity index (χ4n) is 4.96. The Morgan fingerprint density at radius 1 is 1.22 bits per heavy atom. The van der Waals surface area contributed by atoms with Gasteiger partial charge in [0, 0.05) is 47.5 Å². The summed E-state index contributed by atoms with van der Waals surface area (Å²) >= 11 is 1.21. The molecule has 212 valence electrons. The van der Waals surface area contributed by atoms with Crippen LogP contribution in [0.5, 0.6) is 17.2 Å². The number of aryl methyl sites for hydroxylation is 1. The summed E-state index contributed by atoms with van der Waals surface area (Å²) in [7, 11) is 0. The van der Waals surface area contributed by atoms with Gasteiger partial charge in [0.05, 0.1) is 22.6 Å². The van der Waals surface area contributed by atoms with Crippen LogP contribution in [0.15, 0.2) is 64.6 Å². The lowest BCUT2D eigenvalue weighted by Crippen LogP contribution is -2.28. The average Bonchev–Trinajstić information content (AvgIpc) is 3.46. The highest BCUT2D eigenvalue weighted by atomic mass is 32.2. The molecule has 0 fully saturated rings. The number of hydrogen-bond acceptors (Lipinski definition) is 6. The van der Waals surface area contributed by atoms with Crippen molar-refractivity contribution in [3.63, 3.8) is 0 Å². The van der Waals surface area contributed by atoms with E-state index in [9.17, 15) is 18.0 Å². The van der Waals surface area contributed by atoms with Crippen molar-refractivity contribution in [2.75, 3.05) is 12.9 Å². The highest BCUT2D eigenvalue weighted by molar-refractivity contribution is 7.99. The van der Waals surface area contributed by atoms with Crippen molar-refractivity contribution in [2.45, 2.75) is 36.6 Å². The van der Waals surface area contributed by atoms with E-state index in [0.29, 0.717) is 36.2 Å². The van der Waals surface area contributed by atoms with E-state index in [0.717, 1.165) is 29.2 Å². The van der Waals surface area contributed by atoms with Crippen LogP contribution >= 0.6 is 11.8 Å². The van der Waals surface area contributed by atoms with Gasteiger partial charge in [0.25, 0.3) is 0 Å². The number of nitrogens with two attached hydrogens (primary N) is 1. The number of H-pyrrole nitrogens is 1. The number of hydrogen-bond donors (Lipinski definition) is 2. The molecule has 1 aliphatic rings. The van der Waals surface area contributed by atoms with Crippen molar-refractivity contribution >= 4 is 40.9 Å². The zero-order valence-corrected chi connectivity index (χ0v) is 23.3. The minimum Gasteiger partial charge on any atom is -0.493 e. The molecule has 41 heavy (non-hydrogen) atoms. The Bertz CT molecular complexity index is 1680. The summed E-state index contributed by atoms with van der Waals surface area (Å²) in [5.41, 5.74) is 7.61. The number of nitrogens with zero attached hydrogens (tertiary/aromatic N) is 1. The second-order valence-electron chi connectivity index (χ2n) is 9.77. The molecule has 1 aliphatic heterocycles. The lowest BCUT2D eigenvalue weighted by Gasteiger charge is -2.33. The molecule has 1 atom stereocenters. The molecule has 6 nitrogen and oxygen atoms in total. The maximum absolute atomic E-state index is 15.0. The summed E-state index contributed by atoms with van der Waals surface area (Å²) in [5, 5.41) is 0.475. The van der Waals surface area contributed by atoms with Crippen LogP contribution in [0.4, 0.5) is 13.2 Å². The zero-order chi connectivity index (χ0) is 29.1. The van der Waals surface area contributed by atoms with Gasteiger partial charge in [-0.05, 0) is 55.5 Å². The Balaban J connectivity index is 1.42. The molecule has 0 radical (unpaired) electrons. The van der Waals surface area contributed by atoms with Crippen molar-refractivity contribution in [3.8, 4) is 17.2 Å². The van der Waals surface area contributed by atoms with E-state index >= 15 is 0 Å². The number of benzene rings is 3. The second-order valence-corrected chi connectivity index (χ2v) is 10.6. The number of nitrogens with one attached hydrogen (secondary N) is 1. The molecule has 0 saturated heterocycles. The first-order chi connectivity index (χ1) is 19.8. The second kappa shape index (κ2) is 11.7. The van der Waals surface area contributed by atoms with Crippen molar-refractivity contribution in [3.05, 3.63) is 88.9 Å². The van der Waals surface area contributed by atoms with Gasteiger partial charge in [0.1, 0.15) is 23.6 Å². The standard InChI is InChI=1S/C31H28F3N3O3S/c1-31(12-16-39-28-18(6-4-15-38)5-3-7-22(28)31)37-14-11-24(35)21-17-19(8-9-23(21)32)40-29-26(34)25(33)27-20(10-13-36-27)30(29)41-2/h3,5,7-11,13-15,17,36H,4,6,12,16,35H2,1-2H3/b24-11-,37-14?. The number of aldehydes is 1. The third kappa shape index (κ3) is 5.44. The fraction of sp³-hybridized carbons (Fsp3) is 0.226. The number of fused-ring (bicyclic) bond motifs is 2. The largest absolute Gasteiger partial charge is 0.493 e. The van der Waals surface area contributed by atoms with Crippen molar-refractivity contribution < 1.29 is 27.4 Å². The number of aromatic amines is 1. The summed E-state index contributed by atoms with van der Waals surface area (Å²) in [6, 6.07) is 11.2. The quantitative estimate of drug-likeness (QED) is 0.123. The number of thioether (sulfide) groups is 1. The monoisotopic (exact) mass is 579 g/mol. The lowest BCUT2D eigenvalue weighted by atomic mass is 9.85. The number of carbonyl (C=O) groups excluding carboxylic acids is 1. The number of ether oxygens (including phenoxy) is 2. The number of carbonyl (C=O) groups is 1. The Labute approximate surface area is 239 Å². The fourth-order valence-corrected chi connectivity index (χ4v) is 5.66. The van der Waals surface area contributed by atoms with E-state index in [1.54, 1.807) is 12.3 Å². The summed E-state index contributed by atoms with van der Waals surface area (Å²) in [4.78, 5) is 18.7. The van der Waals surface area contributed by atoms with Crippen molar-refractivity contribution in [1.82, 2.24) is 4.98 Å². The Morgan fingerprint density at radius 2 is 2.05 bits per heavy atom. The minimum absolute atomic E-state index is 0.0249. The zero-order valence-electron chi connectivity index (χ0n) is 22.5. The van der Waals surface area contributed by atoms with E-state index in [1.165, 1.54) is 42.4 Å². The van der Waals surface area contributed by atoms with Crippen LogP contribution in [0, 0.1) is 17.5 Å². The molecular formula is C31H28F3N3O3S. The van der Waals surface area contributed by atoms with Gasteiger partial charge in [-0.2, -0.15) is 4.39 Å². The first kappa shape index (κ1) is 28.4. The minimum atomic E-state index is -1.15. The number of aromatic nitrogens is 1. The Hall–Kier alpha value is -4.18. The molecule has 10 heteroatoms. The van der Waals surface area contributed by atoms with Crippen LogP contribution in [0.25, 0.3) is 16.6 Å². The molecule has 3 N–H and O–H groups in total. The highest BCUT2D eigenvalue weighted by Crippen LogP contribution is 2.43. The number of para-hydroxylation sites is 1. The first-order valence-corrected chi connectivity index (χ1v) is 14.2. The van der Waals surface area contributed by atoms with E-state index in [4.69, 9.17) is 20.2 Å². The SMILES string of the molecule is CSc1c(Oc2ccc(F)c(/C(N)=C/C=NC3(C)CCOc4c(CCC=O)cccc43)c2)c(F)c(F)c2[nH]ccc12. The van der Waals surface area contributed by atoms with Crippen LogP contribution < -0.4 is 15.2 Å². The predicted octanol–water partition coefficient (Wildman–Crippen LogP) is 7.30. The summed E-state index contributed by atoms with van der Waals surface area (Å²) in [6.45, 7) is 2.43. The molecule has 5 rings (SSSR count). The van der Waals surface area contributed by atoms with E-state index in [-0.39, 0.29) is 28.3 Å². The van der Waals surface area contributed by atoms with Gasteiger partial charge in [0.2, 0.25) is 5.82 Å². The lowest BCUT2D eigenvalue weighted by molar-refractivity contribution is -0.107. The van der Waals surface area contributed by atoms with Crippen LogP contribution in [-0.2, 0) is 16.8 Å². The summed E-state index contributed by atoms with van der Waals surface area (Å²) < 4.78 is 56.1. The third-order valence-electron chi connectivity index (χ3n) is 7.14. The van der Waals surface area contributed by atoms with Gasteiger partial charge in [-0.3, -0.25) is 4.99 Å². The summed E-state index contributed by atoms with van der Waals surface area (Å²) in [5.74, 6) is -2.28. The molecule has 2 heterocycles. The number of rotatable bonds is 9. The summed E-state index contributed by atoms with van der Waals surface area (Å²) in [6.07, 6.45) is 8.72. The third-order valence-corrected chi connectivity index (χ3v) is 7.95. The number of aliphatic imine (C=N–C) groups is 1. The van der Waals surface area contributed by atoms with Crippen LogP contribution in [-0.4, -0.2) is 30.3 Å². The molecule has 0 aliphatic carbocycles. The van der Waals surface area contributed by atoms with E-state index < -0.39 is 23.0 Å². The maximum Gasteiger partial charge on any atom is 0.204 e. The van der Waals surface area contributed by atoms with Gasteiger partial charge in [-0.1, -0.05) is 18.2 Å². The van der Waals surface area contributed by atoms with E-state index in [1.807, 2.05) is 25.1 Å². The highest BCUT2D eigenvalue weighted by Gasteiger charge is 2.33. The normalized spacial score (nSPS) is 17.0. The van der Waals surface area contributed by atoms with Crippen molar-refractivity contribution in [1.29, 1.82) is 0 Å². The van der Waals surface area contributed by atoms with E-state index in [2.05, 4.69) is 4.98 Å². The molecule has 0 saturated carbocycles. The molecule has 4 aromatic rings. The molecule has 0 amide bonds. The van der Waals surface area contributed by atoms with Crippen LogP contribution in [0.1, 0.15) is 36.5 Å². The molecular weight excluding hydrogens is 551 g/mol. The average molecular weight is 580 g/mol. The molecule has 1 unspecified atom stereocenters.